The van der Waals surface area contributed by atoms with Gasteiger partial charge >= 0.3 is 0 Å². The van der Waals surface area contributed by atoms with Crippen molar-refractivity contribution in [3.8, 4) is 33.6 Å². The van der Waals surface area contributed by atoms with Gasteiger partial charge in [-0.3, -0.25) is 0 Å². The molecule has 0 unspecified atom stereocenters. The maximum atomic E-state index is 5.14. The Morgan fingerprint density at radius 2 is 0.857 bits per heavy atom. The summed E-state index contributed by atoms with van der Waals surface area (Å²) in [6.45, 7) is 2.24. The van der Waals surface area contributed by atoms with Crippen LogP contribution in [0, 0.1) is 0 Å². The van der Waals surface area contributed by atoms with Crippen LogP contribution in [0.3, 0.4) is 0 Å². The van der Waals surface area contributed by atoms with Gasteiger partial charge in [-0.25, -0.2) is 4.98 Å². The number of hydrogen-bond acceptors (Lipinski definition) is 3. The molecule has 3 nitrogen and oxygen atoms in total. The number of aryl methyl sites for hydroxylation is 1. The number of para-hydroxylation sites is 2. The molecule has 0 amide bonds. The Kier molecular flexibility index (Phi) is 9.61. The van der Waals surface area contributed by atoms with Crippen molar-refractivity contribution in [2.45, 2.75) is 26.2 Å². The van der Waals surface area contributed by atoms with E-state index in [4.69, 9.17) is 4.98 Å². The van der Waals surface area contributed by atoms with Gasteiger partial charge in [-0.15, -0.1) is 0 Å². The topological polar surface area (TPSA) is 19.4 Å². The second-order valence-corrected chi connectivity index (χ2v) is 12.4. The maximum Gasteiger partial charge on any atom is 0.0715 e. The lowest BCUT2D eigenvalue weighted by atomic mass is 9.98. The van der Waals surface area contributed by atoms with Crippen LogP contribution in [0.1, 0.15) is 25.3 Å². The van der Waals surface area contributed by atoms with Crippen molar-refractivity contribution in [2.24, 2.45) is 0 Å². The number of anilines is 5. The SMILES string of the molecule is CCCCc1ccc(-c2cc(-c3ccc(N(c4ccccc4)c4ccc(N(C)c5ccccc5)cc4)cc3)cc(-c3ccccc3)n2)cc1. The summed E-state index contributed by atoms with van der Waals surface area (Å²) in [7, 11) is 2.11. The minimum Gasteiger partial charge on any atom is -0.345 e. The standard InChI is InChI=1S/C46H41N3/c1-3-4-14-35-21-23-38(24-22-35)46-34-39(33-45(47-46)37-15-8-5-9-16-37)36-25-27-43(28-26-36)49(42-19-12-7-13-20-42)44-31-29-41(30-32-44)48(2)40-17-10-6-11-18-40/h5-13,15-34H,3-4,14H2,1-2H3. The van der Waals surface area contributed by atoms with E-state index in [0.29, 0.717) is 0 Å². The van der Waals surface area contributed by atoms with Crippen molar-refractivity contribution in [3.63, 3.8) is 0 Å². The van der Waals surface area contributed by atoms with Gasteiger partial charge in [-0.05, 0) is 102 Å². The molecular weight excluding hydrogens is 595 g/mol. The van der Waals surface area contributed by atoms with Gasteiger partial charge in [0.2, 0.25) is 0 Å². The van der Waals surface area contributed by atoms with E-state index in [9.17, 15) is 0 Å². The first-order valence-corrected chi connectivity index (χ1v) is 17.2. The van der Waals surface area contributed by atoms with Crippen molar-refractivity contribution in [2.75, 3.05) is 16.8 Å². The first kappa shape index (κ1) is 31.7. The molecule has 1 heterocycles. The molecule has 49 heavy (non-hydrogen) atoms. The van der Waals surface area contributed by atoms with Crippen molar-refractivity contribution in [1.82, 2.24) is 4.98 Å². The fourth-order valence-corrected chi connectivity index (χ4v) is 6.28. The molecule has 0 aliphatic heterocycles. The highest BCUT2D eigenvalue weighted by atomic mass is 15.1. The summed E-state index contributed by atoms with van der Waals surface area (Å²) in [5.74, 6) is 0. The Morgan fingerprint density at radius 3 is 1.43 bits per heavy atom. The van der Waals surface area contributed by atoms with Gasteiger partial charge in [0.25, 0.3) is 0 Å². The molecule has 0 fully saturated rings. The molecule has 7 aromatic rings. The molecule has 0 saturated carbocycles. The zero-order valence-electron chi connectivity index (χ0n) is 28.2. The van der Waals surface area contributed by atoms with Crippen molar-refractivity contribution in [3.05, 3.63) is 181 Å². The van der Waals surface area contributed by atoms with E-state index in [-0.39, 0.29) is 0 Å². The quantitative estimate of drug-likeness (QED) is 0.141. The van der Waals surface area contributed by atoms with Crippen LogP contribution in [0.4, 0.5) is 28.4 Å². The number of aromatic nitrogens is 1. The van der Waals surface area contributed by atoms with Crippen LogP contribution in [0.25, 0.3) is 33.6 Å². The average molecular weight is 636 g/mol. The number of pyridine rings is 1. The molecule has 6 aromatic carbocycles. The highest BCUT2D eigenvalue weighted by molar-refractivity contribution is 5.81. The van der Waals surface area contributed by atoms with Crippen LogP contribution in [0.2, 0.25) is 0 Å². The zero-order chi connectivity index (χ0) is 33.4. The average Bonchev–Trinajstić information content (AvgIpc) is 3.18. The van der Waals surface area contributed by atoms with Gasteiger partial charge in [0.15, 0.2) is 0 Å². The lowest BCUT2D eigenvalue weighted by Gasteiger charge is -2.27. The summed E-state index contributed by atoms with van der Waals surface area (Å²) in [4.78, 5) is 9.66. The van der Waals surface area contributed by atoms with Crippen LogP contribution < -0.4 is 9.80 Å². The van der Waals surface area contributed by atoms with E-state index < -0.39 is 0 Å². The molecule has 0 N–H and O–H groups in total. The molecule has 0 atom stereocenters. The predicted octanol–water partition coefficient (Wildman–Crippen LogP) is 12.7. The van der Waals surface area contributed by atoms with Gasteiger partial charge in [-0.1, -0.05) is 116 Å². The molecule has 7 rings (SSSR count). The zero-order valence-corrected chi connectivity index (χ0v) is 28.2. The monoisotopic (exact) mass is 635 g/mol. The Labute approximate surface area is 290 Å². The molecule has 0 aliphatic rings. The Balaban J connectivity index is 1.23. The van der Waals surface area contributed by atoms with E-state index >= 15 is 0 Å². The summed E-state index contributed by atoms with van der Waals surface area (Å²) < 4.78 is 0. The van der Waals surface area contributed by atoms with Crippen LogP contribution in [0.15, 0.2) is 176 Å². The molecule has 0 aliphatic carbocycles. The number of hydrogen-bond donors (Lipinski definition) is 0. The second-order valence-electron chi connectivity index (χ2n) is 12.4. The molecule has 3 heteroatoms. The van der Waals surface area contributed by atoms with E-state index in [1.165, 1.54) is 18.4 Å². The number of rotatable bonds is 11. The normalized spacial score (nSPS) is 10.9. The molecule has 240 valence electrons. The van der Waals surface area contributed by atoms with Gasteiger partial charge in [0, 0.05) is 46.6 Å². The first-order chi connectivity index (χ1) is 24.2. The molecule has 0 radical (unpaired) electrons. The van der Waals surface area contributed by atoms with E-state index in [1.54, 1.807) is 0 Å². The summed E-state index contributed by atoms with van der Waals surface area (Å²) in [5, 5.41) is 0. The Bertz CT molecular complexity index is 2070. The van der Waals surface area contributed by atoms with Crippen LogP contribution in [-0.4, -0.2) is 12.0 Å². The van der Waals surface area contributed by atoms with Gasteiger partial charge < -0.3 is 9.80 Å². The minimum atomic E-state index is 0.971. The van der Waals surface area contributed by atoms with E-state index in [0.717, 1.165) is 68.5 Å². The largest absolute Gasteiger partial charge is 0.345 e. The van der Waals surface area contributed by atoms with Crippen molar-refractivity contribution < 1.29 is 0 Å². The fourth-order valence-electron chi connectivity index (χ4n) is 6.28. The Morgan fingerprint density at radius 1 is 0.429 bits per heavy atom. The van der Waals surface area contributed by atoms with Crippen LogP contribution >= 0.6 is 0 Å². The molecule has 0 saturated heterocycles. The third-order valence-corrected chi connectivity index (χ3v) is 9.08. The lowest BCUT2D eigenvalue weighted by Crippen LogP contribution is -2.11. The van der Waals surface area contributed by atoms with Gasteiger partial charge in [0.05, 0.1) is 11.4 Å². The van der Waals surface area contributed by atoms with Crippen molar-refractivity contribution in [1.29, 1.82) is 0 Å². The highest BCUT2D eigenvalue weighted by Crippen LogP contribution is 2.38. The Hall–Kier alpha value is -5.93. The smallest absolute Gasteiger partial charge is 0.0715 e. The van der Waals surface area contributed by atoms with Gasteiger partial charge in [-0.2, -0.15) is 0 Å². The number of unbranched alkanes of at least 4 members (excludes halogenated alkanes) is 1. The number of nitrogens with zero attached hydrogens (tertiary/aromatic N) is 3. The molecule has 0 bridgehead atoms. The lowest BCUT2D eigenvalue weighted by molar-refractivity contribution is 0.795. The first-order valence-electron chi connectivity index (χ1n) is 17.2. The summed E-state index contributed by atoms with van der Waals surface area (Å²) in [6.07, 6.45) is 3.52. The van der Waals surface area contributed by atoms with E-state index in [1.807, 2.05) is 6.07 Å². The fraction of sp³-hybridized carbons (Fsp3) is 0.109. The third kappa shape index (κ3) is 7.32. The maximum absolute atomic E-state index is 5.14. The summed E-state index contributed by atoms with van der Waals surface area (Å²) >= 11 is 0. The van der Waals surface area contributed by atoms with Crippen LogP contribution in [0.5, 0.6) is 0 Å². The molecular formula is C46H41N3. The van der Waals surface area contributed by atoms with Crippen LogP contribution in [-0.2, 0) is 6.42 Å². The second kappa shape index (κ2) is 14.9. The van der Waals surface area contributed by atoms with E-state index in [2.05, 4.69) is 194 Å². The molecule has 0 spiro atoms. The predicted molar refractivity (Wildman–Crippen MR) is 208 cm³/mol. The molecule has 1 aromatic heterocycles. The minimum absolute atomic E-state index is 0.971. The summed E-state index contributed by atoms with van der Waals surface area (Å²) in [6, 6.07) is 62.5. The number of benzene rings is 6. The summed E-state index contributed by atoms with van der Waals surface area (Å²) in [5.41, 5.74) is 13.5. The third-order valence-electron chi connectivity index (χ3n) is 9.08. The highest BCUT2D eigenvalue weighted by Gasteiger charge is 2.15. The van der Waals surface area contributed by atoms with Gasteiger partial charge in [0.1, 0.15) is 0 Å². The van der Waals surface area contributed by atoms with Crippen molar-refractivity contribution >= 4 is 28.4 Å².